The zero-order valence-corrected chi connectivity index (χ0v) is 8.81. The Morgan fingerprint density at radius 1 is 1.36 bits per heavy atom. The van der Waals surface area contributed by atoms with E-state index in [0.717, 1.165) is 12.0 Å². The summed E-state index contributed by atoms with van der Waals surface area (Å²) in [6, 6.07) is 10.0. The molecular formula is C12H17NO. The lowest BCUT2D eigenvalue weighted by Crippen LogP contribution is -1.94. The van der Waals surface area contributed by atoms with Crippen molar-refractivity contribution in [3.05, 3.63) is 35.9 Å². The molecule has 76 valence electrons. The molecule has 1 aromatic rings. The van der Waals surface area contributed by atoms with Gasteiger partial charge in [-0.3, -0.25) is 0 Å². The van der Waals surface area contributed by atoms with Gasteiger partial charge < -0.3 is 4.84 Å². The highest BCUT2D eigenvalue weighted by Gasteiger charge is 1.92. The summed E-state index contributed by atoms with van der Waals surface area (Å²) in [4.78, 5) is 5.16. The quantitative estimate of drug-likeness (QED) is 0.517. The second kappa shape index (κ2) is 6.19. The monoisotopic (exact) mass is 191 g/mol. The molecule has 1 unspecified atom stereocenters. The fourth-order valence-corrected chi connectivity index (χ4v) is 0.938. The predicted octanol–water partition coefficient (Wildman–Crippen LogP) is 3.24. The van der Waals surface area contributed by atoms with Crippen molar-refractivity contribution in [3.8, 4) is 0 Å². The van der Waals surface area contributed by atoms with Crippen molar-refractivity contribution >= 4 is 6.21 Å². The van der Waals surface area contributed by atoms with Crippen LogP contribution in [-0.2, 0) is 11.4 Å². The highest BCUT2D eigenvalue weighted by molar-refractivity contribution is 5.59. The van der Waals surface area contributed by atoms with Crippen LogP contribution in [0, 0.1) is 5.92 Å². The molecule has 0 saturated carbocycles. The second-order valence-corrected chi connectivity index (χ2v) is 3.40. The molecule has 0 aliphatic heterocycles. The maximum Gasteiger partial charge on any atom is 0.142 e. The van der Waals surface area contributed by atoms with E-state index in [9.17, 15) is 0 Å². The van der Waals surface area contributed by atoms with E-state index in [2.05, 4.69) is 19.0 Å². The molecule has 0 amide bonds. The molecule has 0 bridgehead atoms. The zero-order valence-electron chi connectivity index (χ0n) is 8.81. The van der Waals surface area contributed by atoms with Crippen molar-refractivity contribution < 1.29 is 4.84 Å². The van der Waals surface area contributed by atoms with Crippen LogP contribution in [0.25, 0.3) is 0 Å². The molecule has 0 heterocycles. The Balaban J connectivity index is 2.25. The molecule has 14 heavy (non-hydrogen) atoms. The van der Waals surface area contributed by atoms with Gasteiger partial charge in [0.25, 0.3) is 0 Å². The summed E-state index contributed by atoms with van der Waals surface area (Å²) in [6.45, 7) is 4.80. The van der Waals surface area contributed by atoms with Gasteiger partial charge in [0.1, 0.15) is 6.61 Å². The second-order valence-electron chi connectivity index (χ2n) is 3.40. The Morgan fingerprint density at radius 2 is 2.07 bits per heavy atom. The number of hydrogen-bond donors (Lipinski definition) is 0. The average molecular weight is 191 g/mol. The third-order valence-corrected chi connectivity index (χ3v) is 2.11. The lowest BCUT2D eigenvalue weighted by Gasteiger charge is -2.00. The van der Waals surface area contributed by atoms with E-state index in [0.29, 0.717) is 12.5 Å². The number of benzene rings is 1. The number of oxime groups is 1. The van der Waals surface area contributed by atoms with Crippen molar-refractivity contribution in [2.75, 3.05) is 0 Å². The molecule has 0 aromatic heterocycles. The molecule has 0 radical (unpaired) electrons. The van der Waals surface area contributed by atoms with Crippen molar-refractivity contribution in [2.45, 2.75) is 26.9 Å². The predicted molar refractivity (Wildman–Crippen MR) is 59.2 cm³/mol. The smallest absolute Gasteiger partial charge is 0.142 e. The van der Waals surface area contributed by atoms with Gasteiger partial charge in [0, 0.05) is 6.21 Å². The normalized spacial score (nSPS) is 13.0. The summed E-state index contributed by atoms with van der Waals surface area (Å²) < 4.78 is 0. The molecule has 1 aromatic carbocycles. The highest BCUT2D eigenvalue weighted by atomic mass is 16.6. The van der Waals surface area contributed by atoms with Gasteiger partial charge in [0.2, 0.25) is 0 Å². The van der Waals surface area contributed by atoms with Crippen LogP contribution in [0.1, 0.15) is 25.8 Å². The van der Waals surface area contributed by atoms with Crippen molar-refractivity contribution in [2.24, 2.45) is 11.1 Å². The van der Waals surface area contributed by atoms with Crippen molar-refractivity contribution in [1.29, 1.82) is 0 Å². The van der Waals surface area contributed by atoms with Gasteiger partial charge in [-0.05, 0) is 17.9 Å². The van der Waals surface area contributed by atoms with Gasteiger partial charge in [-0.2, -0.15) is 0 Å². The van der Waals surface area contributed by atoms with Crippen LogP contribution < -0.4 is 0 Å². The molecule has 0 saturated heterocycles. The number of hydrogen-bond acceptors (Lipinski definition) is 2. The summed E-state index contributed by atoms with van der Waals surface area (Å²) in [7, 11) is 0. The first-order valence-corrected chi connectivity index (χ1v) is 5.02. The van der Waals surface area contributed by atoms with E-state index >= 15 is 0 Å². The first-order valence-electron chi connectivity index (χ1n) is 5.02. The number of nitrogens with zero attached hydrogens (tertiary/aromatic N) is 1. The van der Waals surface area contributed by atoms with Crippen LogP contribution in [-0.4, -0.2) is 6.21 Å². The summed E-state index contributed by atoms with van der Waals surface area (Å²) >= 11 is 0. The molecule has 2 nitrogen and oxygen atoms in total. The molecule has 0 aliphatic rings. The molecule has 0 N–H and O–H groups in total. The molecule has 2 heteroatoms. The van der Waals surface area contributed by atoms with Gasteiger partial charge in [-0.25, -0.2) is 0 Å². The van der Waals surface area contributed by atoms with Crippen LogP contribution in [0.3, 0.4) is 0 Å². The fourth-order valence-electron chi connectivity index (χ4n) is 0.938. The zero-order chi connectivity index (χ0) is 10.2. The van der Waals surface area contributed by atoms with E-state index in [1.54, 1.807) is 0 Å². The SMILES string of the molecule is CCC(C)/C=N/OCc1ccccc1. The Labute approximate surface area is 85.6 Å². The lowest BCUT2D eigenvalue weighted by molar-refractivity contribution is 0.130. The fraction of sp³-hybridized carbons (Fsp3) is 0.417. The standard InChI is InChI=1S/C12H17NO/c1-3-11(2)9-13-14-10-12-7-5-4-6-8-12/h4-9,11H,3,10H2,1-2H3/b13-9+. The minimum Gasteiger partial charge on any atom is -0.391 e. The third kappa shape index (κ3) is 4.08. The van der Waals surface area contributed by atoms with Crippen LogP contribution in [0.15, 0.2) is 35.5 Å². The minimum absolute atomic E-state index is 0.491. The maximum absolute atomic E-state index is 5.16. The molecular weight excluding hydrogens is 174 g/mol. The Morgan fingerprint density at radius 3 is 2.71 bits per heavy atom. The van der Waals surface area contributed by atoms with Gasteiger partial charge >= 0.3 is 0 Å². The van der Waals surface area contributed by atoms with E-state index in [-0.39, 0.29) is 0 Å². The van der Waals surface area contributed by atoms with Crippen molar-refractivity contribution in [3.63, 3.8) is 0 Å². The molecule has 1 rings (SSSR count). The van der Waals surface area contributed by atoms with Gasteiger partial charge in [-0.1, -0.05) is 49.3 Å². The summed E-state index contributed by atoms with van der Waals surface area (Å²) in [5, 5.41) is 3.91. The highest BCUT2D eigenvalue weighted by Crippen LogP contribution is 2.01. The Kier molecular flexibility index (Phi) is 4.76. The third-order valence-electron chi connectivity index (χ3n) is 2.11. The van der Waals surface area contributed by atoms with Gasteiger partial charge in [-0.15, -0.1) is 0 Å². The summed E-state index contributed by atoms with van der Waals surface area (Å²) in [5.74, 6) is 0.491. The van der Waals surface area contributed by atoms with Gasteiger partial charge in [0.05, 0.1) is 0 Å². The summed E-state index contributed by atoms with van der Waals surface area (Å²) in [5.41, 5.74) is 1.15. The molecule has 0 spiro atoms. The van der Waals surface area contributed by atoms with Crippen molar-refractivity contribution in [1.82, 2.24) is 0 Å². The topological polar surface area (TPSA) is 21.6 Å². The van der Waals surface area contributed by atoms with Crippen LogP contribution in [0.4, 0.5) is 0 Å². The van der Waals surface area contributed by atoms with E-state index < -0.39 is 0 Å². The van der Waals surface area contributed by atoms with E-state index in [4.69, 9.17) is 4.84 Å². The van der Waals surface area contributed by atoms with Crippen LogP contribution in [0.2, 0.25) is 0 Å². The van der Waals surface area contributed by atoms with E-state index in [1.807, 2.05) is 36.5 Å². The van der Waals surface area contributed by atoms with E-state index in [1.165, 1.54) is 0 Å². The average Bonchev–Trinajstić information content (AvgIpc) is 2.25. The lowest BCUT2D eigenvalue weighted by atomic mass is 10.1. The van der Waals surface area contributed by atoms with Crippen LogP contribution >= 0.6 is 0 Å². The first kappa shape index (κ1) is 10.8. The molecule has 1 atom stereocenters. The summed E-state index contributed by atoms with van der Waals surface area (Å²) in [6.07, 6.45) is 2.95. The maximum atomic E-state index is 5.16. The van der Waals surface area contributed by atoms with Gasteiger partial charge in [0.15, 0.2) is 0 Å². The minimum atomic E-state index is 0.491. The Bertz CT molecular complexity index is 269. The molecule has 0 aliphatic carbocycles. The molecule has 0 fully saturated rings. The number of rotatable bonds is 5. The first-order chi connectivity index (χ1) is 6.83. The van der Waals surface area contributed by atoms with Crippen LogP contribution in [0.5, 0.6) is 0 Å². The Hall–Kier alpha value is -1.31. The largest absolute Gasteiger partial charge is 0.391 e.